The van der Waals surface area contributed by atoms with Gasteiger partial charge in [-0.3, -0.25) is 4.79 Å². The van der Waals surface area contributed by atoms with E-state index in [1.807, 2.05) is 6.92 Å². The van der Waals surface area contributed by atoms with Crippen LogP contribution < -0.4 is 10.2 Å². The topological polar surface area (TPSA) is 32.3 Å². The fourth-order valence-corrected chi connectivity index (χ4v) is 1.35. The number of amides is 1. The van der Waals surface area contributed by atoms with Gasteiger partial charge in [0.1, 0.15) is 5.82 Å². The first-order chi connectivity index (χ1) is 7.65. The van der Waals surface area contributed by atoms with Crippen molar-refractivity contribution in [1.29, 1.82) is 0 Å². The Morgan fingerprint density at radius 2 is 2.00 bits per heavy atom. The average Bonchev–Trinajstić information content (AvgIpc) is 2.29. The molecule has 3 nitrogen and oxygen atoms in total. The molecule has 0 saturated heterocycles. The quantitative estimate of drug-likeness (QED) is 0.773. The summed E-state index contributed by atoms with van der Waals surface area (Å²) in [7, 11) is 1.70. The summed E-state index contributed by atoms with van der Waals surface area (Å²) in [6.07, 6.45) is 0.446. The van der Waals surface area contributed by atoms with Gasteiger partial charge in [0.2, 0.25) is 5.91 Å². The molecule has 0 heterocycles. The van der Waals surface area contributed by atoms with Gasteiger partial charge in [-0.1, -0.05) is 6.92 Å². The second-order valence-electron chi connectivity index (χ2n) is 3.53. The van der Waals surface area contributed by atoms with Gasteiger partial charge < -0.3 is 10.2 Å². The van der Waals surface area contributed by atoms with E-state index in [1.54, 1.807) is 19.2 Å². The largest absolute Gasteiger partial charge is 0.316 e. The number of carbonyl (C=O) groups excluding carboxylic acids is 1. The monoisotopic (exact) mass is 224 g/mol. The molecule has 0 bridgehead atoms. The number of hydrogen-bond donors (Lipinski definition) is 1. The Morgan fingerprint density at radius 1 is 1.38 bits per heavy atom. The highest BCUT2D eigenvalue weighted by Gasteiger charge is 2.09. The lowest BCUT2D eigenvalue weighted by atomic mass is 10.2. The van der Waals surface area contributed by atoms with Crippen LogP contribution in [0.25, 0.3) is 0 Å². The first-order valence-corrected chi connectivity index (χ1v) is 5.38. The van der Waals surface area contributed by atoms with Gasteiger partial charge in [0.05, 0.1) is 0 Å². The molecule has 0 aliphatic rings. The van der Waals surface area contributed by atoms with E-state index in [0.717, 1.165) is 6.54 Å². The summed E-state index contributed by atoms with van der Waals surface area (Å²) in [4.78, 5) is 13.2. The van der Waals surface area contributed by atoms with Gasteiger partial charge in [0.15, 0.2) is 0 Å². The van der Waals surface area contributed by atoms with E-state index in [-0.39, 0.29) is 11.7 Å². The molecule has 0 saturated carbocycles. The van der Waals surface area contributed by atoms with Crippen molar-refractivity contribution in [3.8, 4) is 0 Å². The molecular formula is C12H17FN2O. The van der Waals surface area contributed by atoms with Crippen LogP contribution in [0.1, 0.15) is 13.3 Å². The molecule has 0 fully saturated rings. The van der Waals surface area contributed by atoms with E-state index < -0.39 is 0 Å². The zero-order chi connectivity index (χ0) is 12.0. The van der Waals surface area contributed by atoms with Crippen molar-refractivity contribution in [3.05, 3.63) is 30.1 Å². The molecule has 88 valence electrons. The minimum Gasteiger partial charge on any atom is -0.316 e. The number of hydrogen-bond acceptors (Lipinski definition) is 2. The Kier molecular flexibility index (Phi) is 4.92. The predicted molar refractivity (Wildman–Crippen MR) is 63.0 cm³/mol. The van der Waals surface area contributed by atoms with Crippen molar-refractivity contribution in [1.82, 2.24) is 5.32 Å². The predicted octanol–water partition coefficient (Wildman–Crippen LogP) is 1.79. The number of nitrogens with zero attached hydrogens (tertiary/aromatic N) is 1. The van der Waals surface area contributed by atoms with Crippen LogP contribution in [0, 0.1) is 5.82 Å². The van der Waals surface area contributed by atoms with Crippen molar-refractivity contribution in [2.45, 2.75) is 13.3 Å². The van der Waals surface area contributed by atoms with Gasteiger partial charge in [0.25, 0.3) is 0 Å². The smallest absolute Gasteiger partial charge is 0.227 e. The molecule has 1 aromatic carbocycles. The molecule has 1 rings (SSSR count). The standard InChI is InChI=1S/C12H17FN2O/c1-3-14-9-8-12(16)15(2)11-6-4-10(13)5-7-11/h4-7,14H,3,8-9H2,1-2H3. The van der Waals surface area contributed by atoms with Crippen molar-refractivity contribution < 1.29 is 9.18 Å². The van der Waals surface area contributed by atoms with Crippen molar-refractivity contribution in [2.75, 3.05) is 25.0 Å². The lowest BCUT2D eigenvalue weighted by Gasteiger charge is -2.17. The maximum absolute atomic E-state index is 12.7. The Balaban J connectivity index is 2.53. The molecule has 1 N–H and O–H groups in total. The molecular weight excluding hydrogens is 207 g/mol. The first kappa shape index (κ1) is 12.6. The highest BCUT2D eigenvalue weighted by molar-refractivity contribution is 5.92. The van der Waals surface area contributed by atoms with Gasteiger partial charge in [-0.25, -0.2) is 4.39 Å². The van der Waals surface area contributed by atoms with Crippen molar-refractivity contribution >= 4 is 11.6 Å². The summed E-state index contributed by atoms with van der Waals surface area (Å²) in [5, 5.41) is 3.09. The number of benzene rings is 1. The number of halogens is 1. The summed E-state index contributed by atoms with van der Waals surface area (Å²) < 4.78 is 12.7. The number of nitrogens with one attached hydrogen (secondary N) is 1. The first-order valence-electron chi connectivity index (χ1n) is 5.38. The minimum absolute atomic E-state index is 0.0209. The molecule has 0 aliphatic heterocycles. The summed E-state index contributed by atoms with van der Waals surface area (Å²) in [6.45, 7) is 3.52. The zero-order valence-electron chi connectivity index (χ0n) is 9.66. The molecule has 0 atom stereocenters. The second kappa shape index (κ2) is 6.23. The highest BCUT2D eigenvalue weighted by Crippen LogP contribution is 2.13. The summed E-state index contributed by atoms with van der Waals surface area (Å²) in [5.74, 6) is -0.273. The molecule has 4 heteroatoms. The highest BCUT2D eigenvalue weighted by atomic mass is 19.1. The maximum atomic E-state index is 12.7. The van der Waals surface area contributed by atoms with Crippen LogP contribution >= 0.6 is 0 Å². The average molecular weight is 224 g/mol. The molecule has 16 heavy (non-hydrogen) atoms. The van der Waals surface area contributed by atoms with Crippen LogP contribution in [0.4, 0.5) is 10.1 Å². The van der Waals surface area contributed by atoms with Crippen LogP contribution in [0.5, 0.6) is 0 Å². The molecule has 0 radical (unpaired) electrons. The zero-order valence-corrected chi connectivity index (χ0v) is 9.66. The fourth-order valence-electron chi connectivity index (χ4n) is 1.35. The molecule has 0 aliphatic carbocycles. The van der Waals surface area contributed by atoms with Gasteiger partial charge in [-0.2, -0.15) is 0 Å². The maximum Gasteiger partial charge on any atom is 0.227 e. The van der Waals surface area contributed by atoms with Crippen LogP contribution in [-0.4, -0.2) is 26.0 Å². The third-order valence-electron chi connectivity index (χ3n) is 2.35. The summed E-state index contributed by atoms with van der Waals surface area (Å²) >= 11 is 0. The van der Waals surface area contributed by atoms with Crippen molar-refractivity contribution in [2.24, 2.45) is 0 Å². The molecule has 0 unspecified atom stereocenters. The van der Waals surface area contributed by atoms with Crippen LogP contribution in [0.3, 0.4) is 0 Å². The number of carbonyl (C=O) groups is 1. The number of anilines is 1. The minimum atomic E-state index is -0.294. The van der Waals surface area contributed by atoms with Gasteiger partial charge >= 0.3 is 0 Å². The Labute approximate surface area is 95.3 Å². The van der Waals surface area contributed by atoms with E-state index in [2.05, 4.69) is 5.32 Å². The van der Waals surface area contributed by atoms with Crippen LogP contribution in [0.15, 0.2) is 24.3 Å². The van der Waals surface area contributed by atoms with E-state index in [9.17, 15) is 9.18 Å². The third-order valence-corrected chi connectivity index (χ3v) is 2.35. The third kappa shape index (κ3) is 3.62. The van der Waals surface area contributed by atoms with E-state index in [4.69, 9.17) is 0 Å². The normalized spacial score (nSPS) is 10.2. The van der Waals surface area contributed by atoms with Crippen LogP contribution in [0.2, 0.25) is 0 Å². The number of rotatable bonds is 5. The Morgan fingerprint density at radius 3 is 2.56 bits per heavy atom. The van der Waals surface area contributed by atoms with E-state index in [1.165, 1.54) is 17.0 Å². The fraction of sp³-hybridized carbons (Fsp3) is 0.417. The van der Waals surface area contributed by atoms with Gasteiger partial charge in [0, 0.05) is 25.7 Å². The molecule has 1 amide bonds. The molecule has 1 aromatic rings. The molecule has 0 spiro atoms. The Bertz CT molecular complexity index is 337. The van der Waals surface area contributed by atoms with Gasteiger partial charge in [-0.15, -0.1) is 0 Å². The van der Waals surface area contributed by atoms with Crippen LogP contribution in [-0.2, 0) is 4.79 Å². The lowest BCUT2D eigenvalue weighted by molar-refractivity contribution is -0.118. The van der Waals surface area contributed by atoms with E-state index >= 15 is 0 Å². The summed E-state index contributed by atoms with van der Waals surface area (Å²) in [6, 6.07) is 5.90. The Hall–Kier alpha value is -1.42. The second-order valence-corrected chi connectivity index (χ2v) is 3.53. The van der Waals surface area contributed by atoms with Gasteiger partial charge in [-0.05, 0) is 30.8 Å². The molecule has 0 aromatic heterocycles. The SMILES string of the molecule is CCNCCC(=O)N(C)c1ccc(F)cc1. The van der Waals surface area contributed by atoms with E-state index in [0.29, 0.717) is 18.7 Å². The lowest BCUT2D eigenvalue weighted by Crippen LogP contribution is -2.29. The van der Waals surface area contributed by atoms with Crippen molar-refractivity contribution in [3.63, 3.8) is 0 Å². The summed E-state index contributed by atoms with van der Waals surface area (Å²) in [5.41, 5.74) is 0.711.